The molecule has 0 spiro atoms. The van der Waals surface area contributed by atoms with Crippen LogP contribution in [0.3, 0.4) is 0 Å². The molecule has 1 aliphatic rings. The second kappa shape index (κ2) is 7.61. The smallest absolute Gasteiger partial charge is 0.354 e. The molecule has 1 saturated heterocycles. The molecule has 2 atom stereocenters. The molecule has 0 radical (unpaired) electrons. The Morgan fingerprint density at radius 2 is 2.00 bits per heavy atom. The fraction of sp³-hybridized carbons (Fsp3) is 0.421. The van der Waals surface area contributed by atoms with Crippen LogP contribution in [0, 0.1) is 13.8 Å². The summed E-state index contributed by atoms with van der Waals surface area (Å²) in [7, 11) is 0. The van der Waals surface area contributed by atoms with E-state index in [1.54, 1.807) is 6.92 Å². The minimum absolute atomic E-state index is 0.0274. The van der Waals surface area contributed by atoms with E-state index in [0.717, 1.165) is 19.3 Å². The number of carboxylic acid groups (broad SMARTS) is 1. The van der Waals surface area contributed by atoms with Gasteiger partial charge in [-0.05, 0) is 38.7 Å². The van der Waals surface area contributed by atoms with Crippen LogP contribution in [0.5, 0.6) is 0 Å². The van der Waals surface area contributed by atoms with Gasteiger partial charge in [-0.2, -0.15) is 0 Å². The molecule has 0 bridgehead atoms. The maximum absolute atomic E-state index is 11.2. The molecule has 6 nitrogen and oxygen atoms in total. The largest absolute Gasteiger partial charge is 0.476 e. The summed E-state index contributed by atoms with van der Waals surface area (Å²) in [4.78, 5) is 19.1. The number of nitrogens with zero attached hydrogens (tertiary/aromatic N) is 2. The van der Waals surface area contributed by atoms with Gasteiger partial charge in [0.1, 0.15) is 12.1 Å². The van der Waals surface area contributed by atoms with Gasteiger partial charge < -0.3 is 15.2 Å². The summed E-state index contributed by atoms with van der Waals surface area (Å²) in [6.45, 7) is 4.38. The van der Waals surface area contributed by atoms with E-state index in [0.29, 0.717) is 17.9 Å². The third-order valence-corrected chi connectivity index (χ3v) is 4.58. The van der Waals surface area contributed by atoms with Gasteiger partial charge in [0.2, 0.25) is 0 Å². The monoisotopic (exact) mass is 341 g/mol. The van der Waals surface area contributed by atoms with Gasteiger partial charge in [-0.15, -0.1) is 0 Å². The second-order valence-electron chi connectivity index (χ2n) is 6.47. The molecule has 0 saturated carbocycles. The number of aromatic carboxylic acids is 1. The van der Waals surface area contributed by atoms with Gasteiger partial charge in [-0.1, -0.05) is 29.8 Å². The zero-order valence-corrected chi connectivity index (χ0v) is 14.5. The quantitative estimate of drug-likeness (QED) is 0.866. The third-order valence-electron chi connectivity index (χ3n) is 4.58. The zero-order chi connectivity index (χ0) is 17.8. The number of ether oxygens (including phenoxy) is 1. The number of aromatic nitrogens is 2. The van der Waals surface area contributed by atoms with E-state index in [4.69, 9.17) is 9.84 Å². The molecule has 0 unspecified atom stereocenters. The van der Waals surface area contributed by atoms with E-state index in [1.165, 1.54) is 17.5 Å². The number of carboxylic acids is 1. The van der Waals surface area contributed by atoms with Crippen LogP contribution < -0.4 is 5.32 Å². The summed E-state index contributed by atoms with van der Waals surface area (Å²) in [5.74, 6) is -0.496. The van der Waals surface area contributed by atoms with E-state index >= 15 is 0 Å². The van der Waals surface area contributed by atoms with Crippen LogP contribution in [-0.2, 0) is 4.74 Å². The highest BCUT2D eigenvalue weighted by molar-refractivity contribution is 5.88. The summed E-state index contributed by atoms with van der Waals surface area (Å²) in [5, 5.41) is 12.4. The van der Waals surface area contributed by atoms with E-state index in [-0.39, 0.29) is 17.9 Å². The van der Waals surface area contributed by atoms with Crippen molar-refractivity contribution in [3.05, 3.63) is 53.0 Å². The zero-order valence-electron chi connectivity index (χ0n) is 14.5. The molecule has 1 aliphatic heterocycles. The Kier molecular flexibility index (Phi) is 5.28. The van der Waals surface area contributed by atoms with Gasteiger partial charge in [0.15, 0.2) is 5.69 Å². The number of hydrogen-bond donors (Lipinski definition) is 2. The van der Waals surface area contributed by atoms with Crippen molar-refractivity contribution in [3.8, 4) is 0 Å². The molecule has 2 aromatic rings. The first-order valence-electron chi connectivity index (χ1n) is 8.55. The normalized spacial score (nSPS) is 20.2. The Morgan fingerprint density at radius 3 is 2.72 bits per heavy atom. The highest BCUT2D eigenvalue weighted by atomic mass is 16.5. The van der Waals surface area contributed by atoms with Crippen molar-refractivity contribution in [2.45, 2.75) is 45.3 Å². The molecule has 6 heteroatoms. The van der Waals surface area contributed by atoms with Crippen molar-refractivity contribution in [2.75, 3.05) is 11.9 Å². The van der Waals surface area contributed by atoms with Crippen molar-refractivity contribution in [2.24, 2.45) is 0 Å². The van der Waals surface area contributed by atoms with Crippen LogP contribution >= 0.6 is 0 Å². The number of hydrogen-bond acceptors (Lipinski definition) is 5. The molecule has 2 heterocycles. The van der Waals surface area contributed by atoms with E-state index < -0.39 is 5.97 Å². The number of rotatable bonds is 5. The van der Waals surface area contributed by atoms with E-state index in [2.05, 4.69) is 46.5 Å². The second-order valence-corrected chi connectivity index (χ2v) is 6.47. The standard InChI is InChI=1S/C19H23N3O3/c1-12-6-8-14(9-7-12)16-5-3-4-15(25-16)10-20-18-13(2)17(19(23)24)21-11-22-18/h6-9,11,15-16H,3-5,10H2,1-2H3,(H,23,24)(H,20,21,22)/t15-,16+/m0/s1. The van der Waals surface area contributed by atoms with Crippen molar-refractivity contribution in [3.63, 3.8) is 0 Å². The first-order chi connectivity index (χ1) is 12.0. The Morgan fingerprint density at radius 1 is 1.24 bits per heavy atom. The van der Waals surface area contributed by atoms with Crippen molar-refractivity contribution < 1.29 is 14.6 Å². The van der Waals surface area contributed by atoms with Gasteiger partial charge in [0.05, 0.1) is 12.2 Å². The lowest BCUT2D eigenvalue weighted by molar-refractivity contribution is -0.0442. The van der Waals surface area contributed by atoms with Crippen LogP contribution in [0.25, 0.3) is 0 Å². The van der Waals surface area contributed by atoms with Crippen LogP contribution in [0.1, 0.15) is 52.5 Å². The van der Waals surface area contributed by atoms with Gasteiger partial charge in [-0.25, -0.2) is 14.8 Å². The Labute approximate surface area is 147 Å². The van der Waals surface area contributed by atoms with Gasteiger partial charge in [-0.3, -0.25) is 0 Å². The summed E-state index contributed by atoms with van der Waals surface area (Å²) >= 11 is 0. The number of aryl methyl sites for hydroxylation is 1. The highest BCUT2D eigenvalue weighted by Crippen LogP contribution is 2.31. The SMILES string of the molecule is Cc1ccc([C@H]2CCC[C@@H](CNc3ncnc(C(=O)O)c3C)O2)cc1. The molecule has 0 amide bonds. The highest BCUT2D eigenvalue weighted by Gasteiger charge is 2.24. The third kappa shape index (κ3) is 4.14. The van der Waals surface area contributed by atoms with Crippen LogP contribution in [-0.4, -0.2) is 33.7 Å². The maximum Gasteiger partial charge on any atom is 0.354 e. The van der Waals surface area contributed by atoms with E-state index in [1.807, 2.05) is 0 Å². The minimum atomic E-state index is -1.05. The Bertz CT molecular complexity index is 746. The first kappa shape index (κ1) is 17.4. The topological polar surface area (TPSA) is 84.3 Å². The predicted molar refractivity (Wildman–Crippen MR) is 94.9 cm³/mol. The van der Waals surface area contributed by atoms with Gasteiger partial charge >= 0.3 is 5.97 Å². The summed E-state index contributed by atoms with van der Waals surface area (Å²) in [6, 6.07) is 8.48. The van der Waals surface area contributed by atoms with Crippen LogP contribution in [0.4, 0.5) is 5.82 Å². The van der Waals surface area contributed by atoms with Crippen LogP contribution in [0.2, 0.25) is 0 Å². The average molecular weight is 341 g/mol. The number of nitrogens with one attached hydrogen (secondary N) is 1. The summed E-state index contributed by atoms with van der Waals surface area (Å²) in [6.07, 6.45) is 4.56. The fourth-order valence-corrected chi connectivity index (χ4v) is 3.13. The Hall–Kier alpha value is -2.47. The molecular weight excluding hydrogens is 318 g/mol. The molecule has 1 aromatic heterocycles. The van der Waals surface area contributed by atoms with Crippen LogP contribution in [0.15, 0.2) is 30.6 Å². The predicted octanol–water partition coefficient (Wildman–Crippen LogP) is 3.51. The molecule has 1 fully saturated rings. The first-order valence-corrected chi connectivity index (χ1v) is 8.55. The number of anilines is 1. The molecule has 3 rings (SSSR count). The molecular formula is C19H23N3O3. The lowest BCUT2D eigenvalue weighted by atomic mass is 9.97. The van der Waals surface area contributed by atoms with Crippen molar-refractivity contribution in [1.82, 2.24) is 9.97 Å². The fourth-order valence-electron chi connectivity index (χ4n) is 3.13. The lowest BCUT2D eigenvalue weighted by Gasteiger charge is -2.31. The van der Waals surface area contributed by atoms with E-state index in [9.17, 15) is 4.79 Å². The Balaban J connectivity index is 1.63. The average Bonchev–Trinajstić information content (AvgIpc) is 2.61. The molecule has 132 valence electrons. The lowest BCUT2D eigenvalue weighted by Crippen LogP contribution is -2.29. The molecule has 25 heavy (non-hydrogen) atoms. The number of carbonyl (C=O) groups is 1. The summed E-state index contributed by atoms with van der Waals surface area (Å²) < 4.78 is 6.23. The molecule has 2 N–H and O–H groups in total. The van der Waals surface area contributed by atoms with Gasteiger partial charge in [0, 0.05) is 12.1 Å². The van der Waals surface area contributed by atoms with Crippen molar-refractivity contribution >= 4 is 11.8 Å². The maximum atomic E-state index is 11.2. The molecule has 1 aromatic carbocycles. The minimum Gasteiger partial charge on any atom is -0.476 e. The van der Waals surface area contributed by atoms with Crippen molar-refractivity contribution in [1.29, 1.82) is 0 Å². The number of benzene rings is 1. The van der Waals surface area contributed by atoms with Gasteiger partial charge in [0.25, 0.3) is 0 Å². The summed E-state index contributed by atoms with van der Waals surface area (Å²) in [5.41, 5.74) is 3.02. The molecule has 0 aliphatic carbocycles.